The highest BCUT2D eigenvalue weighted by atomic mass is 35.5. The molecule has 2 fully saturated rings. The van der Waals surface area contributed by atoms with Gasteiger partial charge in [-0.15, -0.1) is 24.8 Å². The lowest BCUT2D eigenvalue weighted by molar-refractivity contribution is -0.140. The molecular formula is C19H31Cl2N5O3. The van der Waals surface area contributed by atoms with E-state index in [9.17, 15) is 9.59 Å². The zero-order chi connectivity index (χ0) is 19.2. The van der Waals surface area contributed by atoms with E-state index < -0.39 is 5.97 Å². The van der Waals surface area contributed by atoms with Crippen molar-refractivity contribution in [2.24, 2.45) is 5.92 Å². The van der Waals surface area contributed by atoms with Gasteiger partial charge < -0.3 is 14.9 Å². The fourth-order valence-corrected chi connectivity index (χ4v) is 3.85. The molecule has 0 bridgehead atoms. The molecule has 2 saturated heterocycles. The molecule has 0 aliphatic carbocycles. The Bertz CT molecular complexity index is 636. The van der Waals surface area contributed by atoms with Gasteiger partial charge in [0.25, 0.3) is 0 Å². The first-order chi connectivity index (χ1) is 13.0. The van der Waals surface area contributed by atoms with Gasteiger partial charge in [-0.05, 0) is 25.0 Å². The number of hydrazine groups is 1. The van der Waals surface area contributed by atoms with Crippen LogP contribution in [0.1, 0.15) is 19.3 Å². The van der Waals surface area contributed by atoms with E-state index in [4.69, 9.17) is 5.11 Å². The number of nitrogens with zero attached hydrogens (tertiary/aromatic N) is 5. The van der Waals surface area contributed by atoms with Crippen LogP contribution in [-0.2, 0) is 9.59 Å². The molecule has 1 aromatic heterocycles. The van der Waals surface area contributed by atoms with Crippen LogP contribution < -0.4 is 4.90 Å². The Hall–Kier alpha value is -1.61. The van der Waals surface area contributed by atoms with Gasteiger partial charge in [-0.25, -0.2) is 10.0 Å². The van der Waals surface area contributed by atoms with Gasteiger partial charge in [-0.3, -0.25) is 14.6 Å². The molecule has 1 aromatic rings. The maximum Gasteiger partial charge on any atom is 0.304 e. The summed E-state index contributed by atoms with van der Waals surface area (Å²) in [5, 5.41) is 12.9. The van der Waals surface area contributed by atoms with Crippen LogP contribution in [0.3, 0.4) is 0 Å². The predicted octanol–water partition coefficient (Wildman–Crippen LogP) is 1.61. The Labute approximate surface area is 184 Å². The summed E-state index contributed by atoms with van der Waals surface area (Å²) < 4.78 is 0. The third kappa shape index (κ3) is 6.99. The quantitative estimate of drug-likeness (QED) is 0.708. The van der Waals surface area contributed by atoms with Crippen molar-refractivity contribution in [1.29, 1.82) is 0 Å². The van der Waals surface area contributed by atoms with Crippen molar-refractivity contribution in [3.63, 3.8) is 0 Å². The second-order valence-corrected chi connectivity index (χ2v) is 7.27. The van der Waals surface area contributed by atoms with Crippen molar-refractivity contribution in [3.8, 4) is 0 Å². The van der Waals surface area contributed by atoms with E-state index in [1.54, 1.807) is 12.4 Å². The molecule has 3 heterocycles. The maximum atomic E-state index is 12.9. The summed E-state index contributed by atoms with van der Waals surface area (Å²) in [7, 11) is 1.92. The summed E-state index contributed by atoms with van der Waals surface area (Å²) in [5.41, 5.74) is 1.16. The number of halogens is 2. The van der Waals surface area contributed by atoms with E-state index in [1.165, 1.54) is 0 Å². The lowest BCUT2D eigenvalue weighted by Gasteiger charge is -2.41. The molecule has 0 unspecified atom stereocenters. The number of aliphatic carboxylic acids is 1. The summed E-state index contributed by atoms with van der Waals surface area (Å²) >= 11 is 0. The Morgan fingerprint density at radius 1 is 1.07 bits per heavy atom. The number of carboxylic acid groups (broad SMARTS) is 1. The molecule has 2 aliphatic rings. The van der Waals surface area contributed by atoms with Crippen molar-refractivity contribution in [1.82, 2.24) is 19.9 Å². The second kappa shape index (κ2) is 12.2. The van der Waals surface area contributed by atoms with Crippen LogP contribution in [0.5, 0.6) is 0 Å². The Kier molecular flexibility index (Phi) is 10.7. The average Bonchev–Trinajstić information content (AvgIpc) is 2.72. The molecule has 2 aliphatic heterocycles. The van der Waals surface area contributed by atoms with E-state index in [2.05, 4.69) is 14.9 Å². The molecule has 1 amide bonds. The fourth-order valence-electron chi connectivity index (χ4n) is 3.85. The zero-order valence-corrected chi connectivity index (χ0v) is 18.4. The third-order valence-electron chi connectivity index (χ3n) is 5.57. The second-order valence-electron chi connectivity index (χ2n) is 7.27. The Balaban J connectivity index is 0.00000210. The maximum absolute atomic E-state index is 12.9. The predicted molar refractivity (Wildman–Crippen MR) is 117 cm³/mol. The third-order valence-corrected chi connectivity index (χ3v) is 5.57. The minimum Gasteiger partial charge on any atom is -0.481 e. The summed E-state index contributed by atoms with van der Waals surface area (Å²) in [4.78, 5) is 31.9. The van der Waals surface area contributed by atoms with Crippen molar-refractivity contribution in [2.45, 2.75) is 19.3 Å². The summed E-state index contributed by atoms with van der Waals surface area (Å²) in [5.74, 6) is -0.420. The van der Waals surface area contributed by atoms with Crippen LogP contribution in [0.15, 0.2) is 24.5 Å². The van der Waals surface area contributed by atoms with E-state index in [0.717, 1.165) is 57.8 Å². The molecule has 0 spiro atoms. The molecular weight excluding hydrogens is 417 g/mol. The van der Waals surface area contributed by atoms with Crippen molar-refractivity contribution < 1.29 is 14.7 Å². The van der Waals surface area contributed by atoms with Gasteiger partial charge in [0.1, 0.15) is 0 Å². The summed E-state index contributed by atoms with van der Waals surface area (Å²) in [6, 6.07) is 4.02. The number of hydrogen-bond acceptors (Lipinski definition) is 6. The number of carbonyl (C=O) groups is 2. The summed E-state index contributed by atoms with van der Waals surface area (Å²) in [6.07, 6.45) is 5.40. The van der Waals surface area contributed by atoms with Crippen LogP contribution in [0.2, 0.25) is 0 Å². The number of piperidine rings is 1. The number of anilines is 1. The SMILES string of the molecule is CN(CCC(=O)O)N1CCC(C(=O)N2CCN(c3ccncc3)CC2)CC1.Cl.Cl. The zero-order valence-electron chi connectivity index (χ0n) is 16.8. The molecule has 3 rings (SSSR count). The molecule has 10 heteroatoms. The van der Waals surface area contributed by atoms with Gasteiger partial charge in [0, 0.05) is 76.9 Å². The first-order valence-corrected chi connectivity index (χ1v) is 9.66. The number of aromatic nitrogens is 1. The minimum atomic E-state index is -0.780. The molecule has 8 nitrogen and oxygen atoms in total. The van der Waals surface area contributed by atoms with Crippen LogP contribution in [0.25, 0.3) is 0 Å². The molecule has 164 valence electrons. The van der Waals surface area contributed by atoms with Gasteiger partial charge in [-0.2, -0.15) is 0 Å². The van der Waals surface area contributed by atoms with Crippen LogP contribution >= 0.6 is 24.8 Å². The highest BCUT2D eigenvalue weighted by Crippen LogP contribution is 2.22. The molecule has 1 N–H and O–H groups in total. The van der Waals surface area contributed by atoms with Crippen molar-refractivity contribution in [2.75, 3.05) is 57.8 Å². The van der Waals surface area contributed by atoms with E-state index in [-0.39, 0.29) is 43.1 Å². The van der Waals surface area contributed by atoms with Gasteiger partial charge in [-0.1, -0.05) is 0 Å². The molecule has 0 atom stereocenters. The number of rotatable bonds is 6. The van der Waals surface area contributed by atoms with Crippen molar-refractivity contribution >= 4 is 42.4 Å². The number of carbonyl (C=O) groups excluding carboxylic acids is 1. The smallest absolute Gasteiger partial charge is 0.304 e. The Morgan fingerprint density at radius 2 is 1.66 bits per heavy atom. The lowest BCUT2D eigenvalue weighted by Crippen LogP contribution is -2.53. The van der Waals surface area contributed by atoms with Gasteiger partial charge in [0.2, 0.25) is 5.91 Å². The molecule has 0 saturated carbocycles. The first-order valence-electron chi connectivity index (χ1n) is 9.66. The largest absolute Gasteiger partial charge is 0.481 e. The molecule has 29 heavy (non-hydrogen) atoms. The monoisotopic (exact) mass is 447 g/mol. The average molecular weight is 448 g/mol. The highest BCUT2D eigenvalue weighted by Gasteiger charge is 2.31. The van der Waals surface area contributed by atoms with Crippen molar-refractivity contribution in [3.05, 3.63) is 24.5 Å². The normalized spacial score (nSPS) is 18.1. The number of hydrogen-bond donors (Lipinski definition) is 1. The van der Waals surface area contributed by atoms with E-state index in [1.807, 2.05) is 29.1 Å². The van der Waals surface area contributed by atoms with Crippen LogP contribution in [0.4, 0.5) is 5.69 Å². The Morgan fingerprint density at radius 3 is 2.21 bits per heavy atom. The highest BCUT2D eigenvalue weighted by molar-refractivity contribution is 5.85. The number of pyridine rings is 1. The van der Waals surface area contributed by atoms with Crippen LogP contribution in [0, 0.1) is 5.92 Å². The number of amides is 1. The number of carboxylic acids is 1. The minimum absolute atomic E-state index is 0. The standard InChI is InChI=1S/C19H29N5O3.2ClH/c1-21(9-6-18(25)26)24-10-4-16(5-11-24)19(27)23-14-12-22(13-15-23)17-2-7-20-8-3-17;;/h2-3,7-8,16H,4-6,9-15H2,1H3,(H,25,26);2*1H. The van der Waals surface area contributed by atoms with Gasteiger partial charge in [0.15, 0.2) is 0 Å². The van der Waals surface area contributed by atoms with Crippen LogP contribution in [-0.4, -0.2) is 89.7 Å². The topological polar surface area (TPSA) is 80.2 Å². The fraction of sp³-hybridized carbons (Fsp3) is 0.632. The number of piperazine rings is 1. The first kappa shape index (κ1) is 25.4. The van der Waals surface area contributed by atoms with Gasteiger partial charge in [0.05, 0.1) is 6.42 Å². The lowest BCUT2D eigenvalue weighted by atomic mass is 9.95. The van der Waals surface area contributed by atoms with E-state index >= 15 is 0 Å². The molecule has 0 aromatic carbocycles. The summed E-state index contributed by atoms with van der Waals surface area (Å²) in [6.45, 7) is 5.36. The molecule has 0 radical (unpaired) electrons. The van der Waals surface area contributed by atoms with Gasteiger partial charge >= 0.3 is 5.97 Å². The van der Waals surface area contributed by atoms with E-state index in [0.29, 0.717) is 6.54 Å².